The van der Waals surface area contributed by atoms with E-state index in [1.165, 1.54) is 18.4 Å². The fourth-order valence-corrected chi connectivity index (χ4v) is 4.13. The monoisotopic (exact) mass is 432 g/mol. The number of carbonyl (C=O) groups is 1. The summed E-state index contributed by atoms with van der Waals surface area (Å²) in [6, 6.07) is 6.98. The van der Waals surface area contributed by atoms with Crippen molar-refractivity contribution < 1.29 is 9.53 Å². The van der Waals surface area contributed by atoms with Gasteiger partial charge in [-0.15, -0.1) is 11.3 Å². The minimum absolute atomic E-state index is 0.0562. The van der Waals surface area contributed by atoms with Crippen molar-refractivity contribution in [1.82, 2.24) is 14.3 Å². The molecule has 0 unspecified atom stereocenters. The normalized spacial score (nSPS) is 12.4. The van der Waals surface area contributed by atoms with Gasteiger partial charge in [-0.1, -0.05) is 32.4 Å². The average Bonchev–Trinajstić information content (AvgIpc) is 3.17. The third-order valence-corrected chi connectivity index (χ3v) is 6.16. The summed E-state index contributed by atoms with van der Waals surface area (Å²) in [5.41, 5.74) is 2.27. The second-order valence-corrected chi connectivity index (χ2v) is 9.36. The zero-order valence-corrected chi connectivity index (χ0v) is 19.1. The largest absolute Gasteiger partial charge is 0.496 e. The van der Waals surface area contributed by atoms with Gasteiger partial charge in [0.25, 0.3) is 5.91 Å². The molecule has 0 spiro atoms. The van der Waals surface area contributed by atoms with E-state index in [1.54, 1.807) is 18.2 Å². The van der Waals surface area contributed by atoms with Gasteiger partial charge in [0.1, 0.15) is 5.75 Å². The van der Waals surface area contributed by atoms with Crippen molar-refractivity contribution in [2.45, 2.75) is 39.7 Å². The molecule has 0 N–H and O–H groups in total. The van der Waals surface area contributed by atoms with Crippen LogP contribution in [0.3, 0.4) is 0 Å². The minimum Gasteiger partial charge on any atom is -0.496 e. The minimum atomic E-state index is -0.387. The molecule has 154 valence electrons. The number of hydrogen-bond donors (Lipinski definition) is 0. The van der Waals surface area contributed by atoms with Crippen LogP contribution in [0.15, 0.2) is 35.5 Å². The third kappa shape index (κ3) is 4.79. The van der Waals surface area contributed by atoms with Crippen molar-refractivity contribution >= 4 is 28.8 Å². The lowest BCUT2D eigenvalue weighted by molar-refractivity contribution is 0.0995. The van der Waals surface area contributed by atoms with E-state index in [9.17, 15) is 4.79 Å². The molecule has 0 saturated carbocycles. The molecule has 0 atom stereocenters. The maximum Gasteiger partial charge on any atom is 0.283 e. The quantitative estimate of drug-likeness (QED) is 0.616. The fraction of sp³-hybridized carbons (Fsp3) is 0.381. The average molecular weight is 433 g/mol. The molecule has 0 bridgehead atoms. The Bertz CT molecular complexity index is 1120. The molecule has 0 saturated heterocycles. The molecule has 0 aliphatic rings. The molecule has 6 nitrogen and oxygen atoms in total. The Morgan fingerprint density at radius 1 is 1.31 bits per heavy atom. The first kappa shape index (κ1) is 21.3. The zero-order chi connectivity index (χ0) is 21.3. The molecule has 8 heteroatoms. The number of nitrogens with zero attached hydrogens (tertiary/aromatic N) is 4. The van der Waals surface area contributed by atoms with E-state index in [2.05, 4.69) is 37.1 Å². The Balaban J connectivity index is 2.10. The number of amides is 1. The molecular weight excluding hydrogens is 408 g/mol. The third-order valence-electron chi connectivity index (χ3n) is 4.48. The zero-order valence-electron chi connectivity index (χ0n) is 17.5. The summed E-state index contributed by atoms with van der Waals surface area (Å²) in [4.78, 5) is 19.1. The van der Waals surface area contributed by atoms with Crippen molar-refractivity contribution in [2.24, 2.45) is 12.0 Å². The number of benzene rings is 1. The summed E-state index contributed by atoms with van der Waals surface area (Å²) in [6.45, 7) is 8.96. The predicted molar refractivity (Wildman–Crippen MR) is 116 cm³/mol. The number of aromatic nitrogens is 3. The maximum atomic E-state index is 13.0. The van der Waals surface area contributed by atoms with Crippen LogP contribution in [0.1, 0.15) is 47.4 Å². The smallest absolute Gasteiger partial charge is 0.283 e. The highest BCUT2D eigenvalue weighted by Crippen LogP contribution is 2.26. The number of aryl methyl sites for hydroxylation is 2. The first-order valence-corrected chi connectivity index (χ1v) is 10.4. The van der Waals surface area contributed by atoms with Gasteiger partial charge in [-0.05, 0) is 36.6 Å². The lowest BCUT2D eigenvalue weighted by atomic mass is 9.95. The van der Waals surface area contributed by atoms with Crippen LogP contribution in [0.4, 0.5) is 0 Å². The van der Waals surface area contributed by atoms with E-state index >= 15 is 0 Å². The highest BCUT2D eigenvalue weighted by atomic mass is 35.5. The van der Waals surface area contributed by atoms with Crippen LogP contribution < -0.4 is 9.54 Å². The summed E-state index contributed by atoms with van der Waals surface area (Å²) in [5.74, 6) is 0.0613. The summed E-state index contributed by atoms with van der Waals surface area (Å²) in [5, 5.41) is 4.87. The Hall–Kier alpha value is -2.38. The first-order chi connectivity index (χ1) is 13.6. The highest BCUT2D eigenvalue weighted by molar-refractivity contribution is 7.09. The van der Waals surface area contributed by atoms with Crippen LogP contribution in [0.2, 0.25) is 5.02 Å². The van der Waals surface area contributed by atoms with Crippen LogP contribution in [0.5, 0.6) is 5.75 Å². The maximum absolute atomic E-state index is 13.0. The van der Waals surface area contributed by atoms with Gasteiger partial charge in [0.15, 0.2) is 4.80 Å². The van der Waals surface area contributed by atoms with Gasteiger partial charge in [0.05, 0.1) is 30.6 Å². The van der Waals surface area contributed by atoms with Crippen LogP contribution in [-0.4, -0.2) is 27.4 Å². The van der Waals surface area contributed by atoms with Gasteiger partial charge in [0, 0.05) is 23.1 Å². The van der Waals surface area contributed by atoms with E-state index in [4.69, 9.17) is 16.3 Å². The van der Waals surface area contributed by atoms with Crippen LogP contribution in [0, 0.1) is 6.92 Å². The molecule has 3 aromatic rings. The molecule has 2 heterocycles. The van der Waals surface area contributed by atoms with Gasteiger partial charge in [-0.25, -0.2) is 0 Å². The molecule has 2 aromatic heterocycles. The number of ether oxygens (including phenoxy) is 1. The number of methoxy groups -OCH3 is 1. The molecule has 29 heavy (non-hydrogen) atoms. The van der Waals surface area contributed by atoms with E-state index < -0.39 is 0 Å². The topological polar surface area (TPSA) is 61.4 Å². The molecule has 0 aliphatic carbocycles. The van der Waals surface area contributed by atoms with E-state index in [0.717, 1.165) is 16.3 Å². The van der Waals surface area contributed by atoms with Crippen molar-refractivity contribution in [3.8, 4) is 5.75 Å². The van der Waals surface area contributed by atoms with E-state index in [0.29, 0.717) is 27.7 Å². The van der Waals surface area contributed by atoms with Gasteiger partial charge in [-0.2, -0.15) is 10.1 Å². The number of rotatable bonds is 4. The van der Waals surface area contributed by atoms with Crippen LogP contribution in [-0.2, 0) is 19.0 Å². The standard InChI is InChI=1S/C21H25ClN4O2S/c1-13-9-15(25(5)24-13)11-26-12-18(21(2,3)4)29-20(26)23-19(27)16-10-14(22)7-8-17(16)28-6/h7-10,12H,11H2,1-6H3. The summed E-state index contributed by atoms with van der Waals surface area (Å²) < 4.78 is 9.15. The molecule has 0 radical (unpaired) electrons. The summed E-state index contributed by atoms with van der Waals surface area (Å²) in [6.07, 6.45) is 2.06. The van der Waals surface area contributed by atoms with Crippen LogP contribution >= 0.6 is 22.9 Å². The molecule has 1 amide bonds. The predicted octanol–water partition coefficient (Wildman–Crippen LogP) is 4.34. The van der Waals surface area contributed by atoms with Crippen molar-refractivity contribution in [2.75, 3.05) is 7.11 Å². The van der Waals surface area contributed by atoms with Crippen molar-refractivity contribution in [3.05, 3.63) is 62.1 Å². The first-order valence-electron chi connectivity index (χ1n) is 9.21. The Labute approximate surface area is 179 Å². The molecule has 1 aromatic carbocycles. The van der Waals surface area contributed by atoms with Gasteiger partial charge >= 0.3 is 0 Å². The number of thiazole rings is 1. The lowest BCUT2D eigenvalue weighted by Crippen LogP contribution is -2.18. The van der Waals surface area contributed by atoms with Gasteiger partial charge < -0.3 is 9.30 Å². The fourth-order valence-electron chi connectivity index (χ4n) is 2.91. The Morgan fingerprint density at radius 2 is 2.03 bits per heavy atom. The molecular formula is C21H25ClN4O2S. The second-order valence-electron chi connectivity index (χ2n) is 7.92. The summed E-state index contributed by atoms with van der Waals surface area (Å²) >= 11 is 7.59. The van der Waals surface area contributed by atoms with Gasteiger partial charge in [-0.3, -0.25) is 9.48 Å². The SMILES string of the molecule is COc1ccc(Cl)cc1C(=O)N=c1sc(C(C)(C)C)cn1Cc1cc(C)nn1C. The molecule has 0 fully saturated rings. The van der Waals surface area contributed by atoms with Gasteiger partial charge in [0.2, 0.25) is 0 Å². The van der Waals surface area contributed by atoms with Crippen molar-refractivity contribution in [1.29, 1.82) is 0 Å². The summed E-state index contributed by atoms with van der Waals surface area (Å²) in [7, 11) is 3.44. The Morgan fingerprint density at radius 3 is 2.62 bits per heavy atom. The van der Waals surface area contributed by atoms with Crippen molar-refractivity contribution in [3.63, 3.8) is 0 Å². The van der Waals surface area contributed by atoms with E-state index in [1.807, 2.05) is 29.3 Å². The van der Waals surface area contributed by atoms with Crippen LogP contribution in [0.25, 0.3) is 0 Å². The number of carbonyl (C=O) groups excluding carboxylic acids is 1. The highest BCUT2D eigenvalue weighted by Gasteiger charge is 2.19. The molecule has 3 rings (SSSR count). The number of halogens is 1. The molecule has 0 aliphatic heterocycles. The number of hydrogen-bond acceptors (Lipinski definition) is 4. The van der Waals surface area contributed by atoms with E-state index in [-0.39, 0.29) is 11.3 Å². The lowest BCUT2D eigenvalue weighted by Gasteiger charge is -2.14. The Kier molecular flexibility index (Phi) is 6.00. The second kappa shape index (κ2) is 8.16.